The Labute approximate surface area is 153 Å². The van der Waals surface area contributed by atoms with Crippen LogP contribution in [0, 0.1) is 6.92 Å². The highest BCUT2D eigenvalue weighted by molar-refractivity contribution is 6.31. The minimum Gasteiger partial charge on any atom is -0.489 e. The largest absolute Gasteiger partial charge is 0.489 e. The van der Waals surface area contributed by atoms with E-state index in [-0.39, 0.29) is 12.5 Å². The molecule has 2 aromatic carbocycles. The Morgan fingerprint density at radius 2 is 1.84 bits per heavy atom. The Morgan fingerprint density at radius 3 is 2.64 bits per heavy atom. The van der Waals surface area contributed by atoms with Crippen molar-refractivity contribution in [2.24, 2.45) is 0 Å². The van der Waals surface area contributed by atoms with Gasteiger partial charge in [-0.15, -0.1) is 0 Å². The molecule has 0 spiro atoms. The lowest BCUT2D eigenvalue weighted by Crippen LogP contribution is -2.22. The van der Waals surface area contributed by atoms with Crippen LogP contribution >= 0.6 is 11.6 Å². The molecule has 0 heterocycles. The van der Waals surface area contributed by atoms with E-state index in [0.29, 0.717) is 36.3 Å². The van der Waals surface area contributed by atoms with E-state index in [4.69, 9.17) is 21.1 Å². The summed E-state index contributed by atoms with van der Waals surface area (Å²) in [6.07, 6.45) is 0. The van der Waals surface area contributed by atoms with E-state index >= 15 is 0 Å². The molecule has 5 nitrogen and oxygen atoms in total. The normalized spacial score (nSPS) is 10.4. The van der Waals surface area contributed by atoms with Crippen LogP contribution in [-0.4, -0.2) is 32.3 Å². The van der Waals surface area contributed by atoms with Gasteiger partial charge in [0.1, 0.15) is 12.4 Å². The Bertz CT molecular complexity index is 707. The first-order chi connectivity index (χ1) is 12.1. The second-order valence-electron chi connectivity index (χ2n) is 5.36. The minimum absolute atomic E-state index is 0.133. The zero-order valence-corrected chi connectivity index (χ0v) is 15.2. The van der Waals surface area contributed by atoms with E-state index in [2.05, 4.69) is 10.6 Å². The van der Waals surface area contributed by atoms with Crippen molar-refractivity contribution in [2.45, 2.75) is 13.8 Å². The number of nitrogens with one attached hydrogen (secondary N) is 2. The van der Waals surface area contributed by atoms with Crippen LogP contribution in [0.1, 0.15) is 12.5 Å². The highest BCUT2D eigenvalue weighted by atomic mass is 35.5. The van der Waals surface area contributed by atoms with E-state index in [0.717, 1.165) is 11.3 Å². The molecule has 0 aliphatic rings. The van der Waals surface area contributed by atoms with Gasteiger partial charge in [-0.05, 0) is 43.7 Å². The quantitative estimate of drug-likeness (QED) is 0.659. The van der Waals surface area contributed by atoms with Crippen LogP contribution in [0.3, 0.4) is 0 Å². The Kier molecular flexibility index (Phi) is 7.57. The van der Waals surface area contributed by atoms with E-state index in [1.807, 2.05) is 50.2 Å². The van der Waals surface area contributed by atoms with E-state index in [1.165, 1.54) is 0 Å². The monoisotopic (exact) mass is 362 g/mol. The number of benzene rings is 2. The fourth-order valence-electron chi connectivity index (χ4n) is 2.22. The molecule has 0 aliphatic carbocycles. The van der Waals surface area contributed by atoms with Crippen molar-refractivity contribution >= 4 is 28.9 Å². The summed E-state index contributed by atoms with van der Waals surface area (Å²) in [4.78, 5) is 12.2. The second kappa shape index (κ2) is 9.91. The molecule has 134 valence electrons. The number of rotatable bonds is 9. The number of amides is 1. The van der Waals surface area contributed by atoms with Crippen LogP contribution in [-0.2, 0) is 9.53 Å². The third-order valence-corrected chi connectivity index (χ3v) is 3.97. The van der Waals surface area contributed by atoms with Crippen LogP contribution in [0.5, 0.6) is 5.75 Å². The van der Waals surface area contributed by atoms with Crippen molar-refractivity contribution in [2.75, 3.05) is 37.0 Å². The van der Waals surface area contributed by atoms with Crippen molar-refractivity contribution in [3.63, 3.8) is 0 Å². The van der Waals surface area contributed by atoms with E-state index < -0.39 is 0 Å². The van der Waals surface area contributed by atoms with Gasteiger partial charge in [0, 0.05) is 17.3 Å². The maximum Gasteiger partial charge on any atom is 0.243 e. The molecule has 0 saturated carbocycles. The SMILES string of the molecule is CCOCCOc1ccccc1NC(=O)CNc1cccc(Cl)c1C. The molecule has 0 aromatic heterocycles. The van der Waals surface area contributed by atoms with Crippen LogP contribution in [0.15, 0.2) is 42.5 Å². The minimum atomic E-state index is -0.166. The second-order valence-corrected chi connectivity index (χ2v) is 5.76. The van der Waals surface area contributed by atoms with Gasteiger partial charge >= 0.3 is 0 Å². The fourth-order valence-corrected chi connectivity index (χ4v) is 2.39. The standard InChI is InChI=1S/C19H23ClN2O3/c1-3-24-11-12-25-18-10-5-4-8-17(18)22-19(23)13-21-16-9-6-7-15(20)14(16)2/h4-10,21H,3,11-13H2,1-2H3,(H,22,23). The number of hydrogen-bond donors (Lipinski definition) is 2. The van der Waals surface area contributed by atoms with Crippen molar-refractivity contribution in [3.8, 4) is 5.75 Å². The average molecular weight is 363 g/mol. The van der Waals surface area contributed by atoms with Gasteiger partial charge in [0.2, 0.25) is 5.91 Å². The zero-order valence-electron chi connectivity index (χ0n) is 14.5. The highest BCUT2D eigenvalue weighted by Gasteiger charge is 2.09. The third-order valence-electron chi connectivity index (χ3n) is 3.56. The molecule has 2 rings (SSSR count). The van der Waals surface area contributed by atoms with Crippen molar-refractivity contribution in [3.05, 3.63) is 53.1 Å². The molecular formula is C19H23ClN2O3. The van der Waals surface area contributed by atoms with Gasteiger partial charge < -0.3 is 20.1 Å². The number of para-hydroxylation sites is 2. The zero-order chi connectivity index (χ0) is 18.1. The number of carbonyl (C=O) groups excluding carboxylic acids is 1. The summed E-state index contributed by atoms with van der Waals surface area (Å²) < 4.78 is 10.9. The molecule has 0 bridgehead atoms. The first kappa shape index (κ1) is 19.1. The predicted octanol–water partition coefficient (Wildman–Crippen LogP) is 4.11. The summed E-state index contributed by atoms with van der Waals surface area (Å²) in [5, 5.41) is 6.62. The van der Waals surface area contributed by atoms with Crippen molar-refractivity contribution in [1.82, 2.24) is 0 Å². The van der Waals surface area contributed by atoms with Crippen molar-refractivity contribution < 1.29 is 14.3 Å². The molecule has 0 fully saturated rings. The summed E-state index contributed by atoms with van der Waals surface area (Å²) in [6, 6.07) is 12.9. The molecule has 0 saturated heterocycles. The van der Waals surface area contributed by atoms with Crippen LogP contribution in [0.4, 0.5) is 11.4 Å². The number of anilines is 2. The molecule has 0 atom stereocenters. The number of ether oxygens (including phenoxy) is 2. The van der Waals surface area contributed by atoms with Gasteiger partial charge in [-0.2, -0.15) is 0 Å². The Morgan fingerprint density at radius 1 is 1.08 bits per heavy atom. The molecule has 0 aliphatic heterocycles. The highest BCUT2D eigenvalue weighted by Crippen LogP contribution is 2.24. The lowest BCUT2D eigenvalue weighted by Gasteiger charge is -2.14. The first-order valence-corrected chi connectivity index (χ1v) is 8.58. The lowest BCUT2D eigenvalue weighted by molar-refractivity contribution is -0.114. The number of hydrogen-bond acceptors (Lipinski definition) is 4. The van der Waals surface area contributed by atoms with Crippen LogP contribution in [0.25, 0.3) is 0 Å². The van der Waals surface area contributed by atoms with Gasteiger partial charge in [-0.1, -0.05) is 29.8 Å². The number of halogens is 1. The molecule has 0 radical (unpaired) electrons. The summed E-state index contributed by atoms with van der Waals surface area (Å²) in [5.74, 6) is 0.453. The summed E-state index contributed by atoms with van der Waals surface area (Å²) in [6.45, 7) is 5.56. The molecule has 2 N–H and O–H groups in total. The van der Waals surface area contributed by atoms with Crippen LogP contribution in [0.2, 0.25) is 5.02 Å². The Hall–Kier alpha value is -2.24. The first-order valence-electron chi connectivity index (χ1n) is 8.20. The predicted molar refractivity (Wildman–Crippen MR) is 102 cm³/mol. The maximum atomic E-state index is 12.2. The Balaban J connectivity index is 1.90. The molecule has 6 heteroatoms. The summed E-state index contributed by atoms with van der Waals surface area (Å²) >= 11 is 6.08. The van der Waals surface area contributed by atoms with Crippen molar-refractivity contribution in [1.29, 1.82) is 0 Å². The summed E-state index contributed by atoms with van der Waals surface area (Å²) in [5.41, 5.74) is 2.38. The topological polar surface area (TPSA) is 59.6 Å². The van der Waals surface area contributed by atoms with Gasteiger partial charge in [-0.3, -0.25) is 4.79 Å². The van der Waals surface area contributed by atoms with Gasteiger partial charge in [0.25, 0.3) is 0 Å². The van der Waals surface area contributed by atoms with E-state index in [9.17, 15) is 4.79 Å². The van der Waals surface area contributed by atoms with Crippen LogP contribution < -0.4 is 15.4 Å². The average Bonchev–Trinajstić information content (AvgIpc) is 2.61. The van der Waals surface area contributed by atoms with Gasteiger partial charge in [0.05, 0.1) is 18.8 Å². The molecule has 1 amide bonds. The molecular weight excluding hydrogens is 340 g/mol. The molecule has 25 heavy (non-hydrogen) atoms. The lowest BCUT2D eigenvalue weighted by atomic mass is 10.2. The van der Waals surface area contributed by atoms with Gasteiger partial charge in [-0.25, -0.2) is 0 Å². The third kappa shape index (κ3) is 5.96. The smallest absolute Gasteiger partial charge is 0.243 e. The fraction of sp³-hybridized carbons (Fsp3) is 0.316. The summed E-state index contributed by atoms with van der Waals surface area (Å²) in [7, 11) is 0. The van der Waals surface area contributed by atoms with Gasteiger partial charge in [0.15, 0.2) is 0 Å². The molecule has 2 aromatic rings. The number of carbonyl (C=O) groups is 1. The maximum absolute atomic E-state index is 12.2. The van der Waals surface area contributed by atoms with E-state index in [1.54, 1.807) is 6.07 Å². The molecule has 0 unspecified atom stereocenters.